The van der Waals surface area contributed by atoms with E-state index in [0.717, 1.165) is 11.0 Å². The lowest BCUT2D eigenvalue weighted by atomic mass is 10.1. The summed E-state index contributed by atoms with van der Waals surface area (Å²) in [7, 11) is -2.96. The molecule has 0 spiro atoms. The first-order valence-electron chi connectivity index (χ1n) is 7.93. The Balaban J connectivity index is 1.43. The Labute approximate surface area is 148 Å². The Morgan fingerprint density at radius 1 is 1.36 bits per heavy atom. The molecule has 0 aliphatic carbocycles. The molecule has 8 heteroatoms. The van der Waals surface area contributed by atoms with E-state index in [1.165, 1.54) is 11.3 Å². The van der Waals surface area contributed by atoms with Gasteiger partial charge in [-0.2, -0.15) is 0 Å². The van der Waals surface area contributed by atoms with E-state index in [0.29, 0.717) is 23.0 Å². The molecule has 2 aromatic heterocycles. The number of hydrogen-bond donors (Lipinski definition) is 1. The number of amides is 1. The molecule has 3 aromatic rings. The van der Waals surface area contributed by atoms with Crippen molar-refractivity contribution in [1.29, 1.82) is 0 Å². The van der Waals surface area contributed by atoms with Crippen molar-refractivity contribution in [2.45, 2.75) is 12.8 Å². The number of nitrogens with one attached hydrogen (secondary N) is 1. The number of rotatable bonds is 4. The number of benzene rings is 1. The van der Waals surface area contributed by atoms with Gasteiger partial charge in [0.05, 0.1) is 11.5 Å². The van der Waals surface area contributed by atoms with Gasteiger partial charge in [0.15, 0.2) is 20.7 Å². The molecule has 1 N–H and O–H groups in total. The number of anilines is 1. The van der Waals surface area contributed by atoms with Crippen LogP contribution >= 0.6 is 11.3 Å². The normalized spacial score (nSPS) is 19.3. The third kappa shape index (κ3) is 3.59. The quantitative estimate of drug-likeness (QED) is 0.754. The number of furan rings is 1. The summed E-state index contributed by atoms with van der Waals surface area (Å²) in [6.07, 6.45) is 0.761. The number of carbonyl (C=O) groups is 1. The average Bonchev–Trinajstić information content (AvgIpc) is 3.25. The molecule has 25 heavy (non-hydrogen) atoms. The third-order valence-corrected chi connectivity index (χ3v) is 6.82. The number of fused-ring (bicyclic) bond motifs is 1. The zero-order chi connectivity index (χ0) is 17.4. The van der Waals surface area contributed by atoms with E-state index in [-0.39, 0.29) is 29.8 Å². The molecule has 1 fully saturated rings. The zero-order valence-corrected chi connectivity index (χ0v) is 14.9. The van der Waals surface area contributed by atoms with Crippen molar-refractivity contribution >= 4 is 43.2 Å². The molecule has 6 nitrogen and oxygen atoms in total. The molecule has 130 valence electrons. The molecule has 0 radical (unpaired) electrons. The molecule has 0 saturated carbocycles. The second-order valence-electron chi connectivity index (χ2n) is 6.21. The summed E-state index contributed by atoms with van der Waals surface area (Å²) in [4.78, 5) is 16.5. The van der Waals surface area contributed by atoms with Crippen LogP contribution in [0.3, 0.4) is 0 Å². The minimum Gasteiger partial charge on any atom is -0.454 e. The summed E-state index contributed by atoms with van der Waals surface area (Å²) < 4.78 is 28.7. The summed E-state index contributed by atoms with van der Waals surface area (Å²) in [5.41, 5.74) is 1.46. The first-order chi connectivity index (χ1) is 12.0. The van der Waals surface area contributed by atoms with E-state index in [2.05, 4.69) is 10.3 Å². The van der Waals surface area contributed by atoms with Crippen molar-refractivity contribution in [3.63, 3.8) is 0 Å². The summed E-state index contributed by atoms with van der Waals surface area (Å²) in [6.45, 7) is 0. The fourth-order valence-corrected chi connectivity index (χ4v) is 5.60. The molecule has 1 atom stereocenters. The average molecular weight is 376 g/mol. The smallest absolute Gasteiger partial charge is 0.226 e. The lowest BCUT2D eigenvalue weighted by molar-refractivity contribution is -0.116. The molecule has 4 rings (SSSR count). The maximum absolute atomic E-state index is 12.1. The summed E-state index contributed by atoms with van der Waals surface area (Å²) in [5.74, 6) is 0.633. The van der Waals surface area contributed by atoms with Crippen LogP contribution in [0.5, 0.6) is 0 Å². The Kier molecular flexibility index (Phi) is 4.09. The highest BCUT2D eigenvalue weighted by Crippen LogP contribution is 2.30. The minimum absolute atomic E-state index is 0.0974. The SMILES string of the molecule is O=C(CC1CCS(=O)(=O)C1)Nc1nc(-c2cc3ccccc3o2)cs1. The molecular weight excluding hydrogens is 360 g/mol. The van der Waals surface area contributed by atoms with Gasteiger partial charge in [0.2, 0.25) is 5.91 Å². The third-order valence-electron chi connectivity index (χ3n) is 4.23. The molecule has 1 unspecified atom stereocenters. The topological polar surface area (TPSA) is 89.3 Å². The van der Waals surface area contributed by atoms with Gasteiger partial charge in [-0.25, -0.2) is 13.4 Å². The first kappa shape index (κ1) is 16.3. The summed E-state index contributed by atoms with van der Waals surface area (Å²) in [6, 6.07) is 9.62. The van der Waals surface area contributed by atoms with Crippen molar-refractivity contribution in [3.05, 3.63) is 35.7 Å². The standard InChI is InChI=1S/C17H16N2O4S2/c20-16(7-11-5-6-25(21,22)10-11)19-17-18-13(9-24-17)15-8-12-3-1-2-4-14(12)23-15/h1-4,8-9,11H,5-7,10H2,(H,18,19,20). The largest absolute Gasteiger partial charge is 0.454 e. The van der Waals surface area contributed by atoms with Gasteiger partial charge in [0, 0.05) is 17.2 Å². The van der Waals surface area contributed by atoms with Crippen LogP contribution in [-0.4, -0.2) is 30.8 Å². The molecule has 1 saturated heterocycles. The van der Waals surface area contributed by atoms with Gasteiger partial charge < -0.3 is 9.73 Å². The van der Waals surface area contributed by atoms with Crippen LogP contribution in [-0.2, 0) is 14.6 Å². The molecule has 1 aliphatic rings. The van der Waals surface area contributed by atoms with Gasteiger partial charge in [-0.1, -0.05) is 18.2 Å². The number of nitrogens with zero attached hydrogens (tertiary/aromatic N) is 1. The number of hydrogen-bond acceptors (Lipinski definition) is 6. The molecule has 3 heterocycles. The second kappa shape index (κ2) is 6.27. The van der Waals surface area contributed by atoms with Gasteiger partial charge >= 0.3 is 0 Å². The number of carbonyl (C=O) groups excluding carboxylic acids is 1. The van der Waals surface area contributed by atoms with Crippen LogP contribution in [0.2, 0.25) is 0 Å². The van der Waals surface area contributed by atoms with E-state index in [1.807, 2.05) is 35.7 Å². The molecule has 1 aromatic carbocycles. The number of thiazole rings is 1. The van der Waals surface area contributed by atoms with Crippen LogP contribution in [0, 0.1) is 5.92 Å². The van der Waals surface area contributed by atoms with Crippen LogP contribution in [0.4, 0.5) is 5.13 Å². The summed E-state index contributed by atoms with van der Waals surface area (Å²) in [5, 5.41) is 6.06. The van der Waals surface area contributed by atoms with Crippen molar-refractivity contribution in [2.75, 3.05) is 16.8 Å². The van der Waals surface area contributed by atoms with Crippen molar-refractivity contribution in [1.82, 2.24) is 4.98 Å². The highest BCUT2D eigenvalue weighted by molar-refractivity contribution is 7.91. The van der Waals surface area contributed by atoms with Crippen LogP contribution in [0.1, 0.15) is 12.8 Å². The van der Waals surface area contributed by atoms with Crippen LogP contribution < -0.4 is 5.32 Å². The Bertz CT molecular complexity index is 1000. The lowest BCUT2D eigenvalue weighted by Crippen LogP contribution is -2.17. The molecular formula is C17H16N2O4S2. The van der Waals surface area contributed by atoms with E-state index < -0.39 is 9.84 Å². The van der Waals surface area contributed by atoms with Gasteiger partial charge in [0.25, 0.3) is 0 Å². The molecule has 1 aliphatic heterocycles. The maximum Gasteiger partial charge on any atom is 0.226 e. The Hall–Kier alpha value is -2.19. The van der Waals surface area contributed by atoms with E-state index in [1.54, 1.807) is 0 Å². The molecule has 1 amide bonds. The van der Waals surface area contributed by atoms with E-state index in [4.69, 9.17) is 4.42 Å². The van der Waals surface area contributed by atoms with E-state index >= 15 is 0 Å². The van der Waals surface area contributed by atoms with Gasteiger partial charge in [0.1, 0.15) is 11.3 Å². The lowest BCUT2D eigenvalue weighted by Gasteiger charge is -2.06. The van der Waals surface area contributed by atoms with Crippen molar-refractivity contribution in [3.8, 4) is 11.5 Å². The van der Waals surface area contributed by atoms with Crippen molar-refractivity contribution in [2.24, 2.45) is 5.92 Å². The predicted molar refractivity (Wildman–Crippen MR) is 97.3 cm³/mol. The van der Waals surface area contributed by atoms with Gasteiger partial charge in [-0.05, 0) is 24.5 Å². The minimum atomic E-state index is -2.96. The number of sulfone groups is 1. The van der Waals surface area contributed by atoms with E-state index in [9.17, 15) is 13.2 Å². The van der Waals surface area contributed by atoms with Gasteiger partial charge in [-0.3, -0.25) is 4.79 Å². The highest BCUT2D eigenvalue weighted by Gasteiger charge is 2.29. The number of para-hydroxylation sites is 1. The van der Waals surface area contributed by atoms with Crippen LogP contribution in [0.15, 0.2) is 40.1 Å². The monoisotopic (exact) mass is 376 g/mol. The fraction of sp³-hybridized carbons (Fsp3) is 0.294. The highest BCUT2D eigenvalue weighted by atomic mass is 32.2. The number of aromatic nitrogens is 1. The summed E-state index contributed by atoms with van der Waals surface area (Å²) >= 11 is 1.32. The molecule has 0 bridgehead atoms. The second-order valence-corrected chi connectivity index (χ2v) is 9.29. The van der Waals surface area contributed by atoms with Crippen molar-refractivity contribution < 1.29 is 17.6 Å². The predicted octanol–water partition coefficient (Wildman–Crippen LogP) is 3.32. The zero-order valence-electron chi connectivity index (χ0n) is 13.3. The first-order valence-corrected chi connectivity index (χ1v) is 10.6. The Morgan fingerprint density at radius 3 is 2.96 bits per heavy atom. The van der Waals surface area contributed by atoms with Gasteiger partial charge in [-0.15, -0.1) is 11.3 Å². The maximum atomic E-state index is 12.1. The fourth-order valence-electron chi connectivity index (χ4n) is 3.02. The Morgan fingerprint density at radius 2 is 2.20 bits per heavy atom. The van der Waals surface area contributed by atoms with Crippen LogP contribution in [0.25, 0.3) is 22.4 Å².